The molecular weight excluding hydrogens is 226 g/mol. The van der Waals surface area contributed by atoms with Crippen LogP contribution in [0, 0.1) is 0 Å². The molecule has 0 saturated carbocycles. The van der Waals surface area contributed by atoms with E-state index >= 15 is 0 Å². The number of benzene rings is 1. The van der Waals surface area contributed by atoms with E-state index in [-0.39, 0.29) is 11.9 Å². The smallest absolute Gasteiger partial charge is 0.192 e. The molecule has 0 aliphatic heterocycles. The highest BCUT2D eigenvalue weighted by atomic mass is 16.5. The predicted molar refractivity (Wildman–Crippen MR) is 71.8 cm³/mol. The molecule has 3 heteroatoms. The van der Waals surface area contributed by atoms with Gasteiger partial charge in [0.25, 0.3) is 0 Å². The number of aromatic nitrogens is 1. The van der Waals surface area contributed by atoms with Crippen LogP contribution in [-0.4, -0.2) is 23.5 Å². The fraction of sp³-hybridized carbons (Fsp3) is 0.333. The number of pyridine rings is 1. The number of ketones is 1. The SMILES string of the molecule is CCOC(CC)C(=O)c1cccc2cnccc12. The van der Waals surface area contributed by atoms with Crippen LogP contribution in [0.15, 0.2) is 36.7 Å². The van der Waals surface area contributed by atoms with Crippen LogP contribution in [0.2, 0.25) is 0 Å². The molecule has 0 spiro atoms. The molecule has 1 atom stereocenters. The van der Waals surface area contributed by atoms with Gasteiger partial charge in [0, 0.05) is 30.0 Å². The zero-order valence-electron chi connectivity index (χ0n) is 10.7. The second-order valence-electron chi connectivity index (χ2n) is 4.12. The second kappa shape index (κ2) is 5.74. The van der Waals surface area contributed by atoms with E-state index in [1.165, 1.54) is 0 Å². The molecule has 0 amide bonds. The molecule has 1 unspecified atom stereocenters. The van der Waals surface area contributed by atoms with Crippen molar-refractivity contribution in [2.75, 3.05) is 6.61 Å². The normalized spacial score (nSPS) is 12.6. The molecule has 2 rings (SSSR count). The van der Waals surface area contributed by atoms with Crippen molar-refractivity contribution in [3.63, 3.8) is 0 Å². The minimum atomic E-state index is -0.353. The molecule has 1 heterocycles. The van der Waals surface area contributed by atoms with E-state index < -0.39 is 0 Å². The molecule has 0 aliphatic rings. The maximum atomic E-state index is 12.4. The fourth-order valence-electron chi connectivity index (χ4n) is 2.09. The molecule has 0 bridgehead atoms. The van der Waals surface area contributed by atoms with Gasteiger partial charge in [-0.2, -0.15) is 0 Å². The van der Waals surface area contributed by atoms with Crippen LogP contribution in [-0.2, 0) is 4.74 Å². The standard InChI is InChI=1S/C15H17NO2/c1-3-14(18-4-2)15(17)13-7-5-6-11-10-16-9-8-12(11)13/h5-10,14H,3-4H2,1-2H3. The molecule has 0 saturated heterocycles. The molecule has 18 heavy (non-hydrogen) atoms. The van der Waals surface area contributed by atoms with Gasteiger partial charge in [0.05, 0.1) is 0 Å². The Kier molecular flexibility index (Phi) is 4.05. The number of Topliss-reactive ketones (excluding diaryl/α,β-unsaturated/α-hetero) is 1. The van der Waals surface area contributed by atoms with Crippen molar-refractivity contribution in [1.82, 2.24) is 4.98 Å². The van der Waals surface area contributed by atoms with Crippen LogP contribution in [0.3, 0.4) is 0 Å². The summed E-state index contributed by atoms with van der Waals surface area (Å²) in [5.41, 5.74) is 0.718. The molecule has 0 radical (unpaired) electrons. The lowest BCUT2D eigenvalue weighted by atomic mass is 9.99. The Bertz CT molecular complexity index is 546. The average Bonchev–Trinajstić information content (AvgIpc) is 2.43. The summed E-state index contributed by atoms with van der Waals surface area (Å²) in [6, 6.07) is 7.57. The van der Waals surface area contributed by atoms with Gasteiger partial charge in [-0.1, -0.05) is 25.1 Å². The third kappa shape index (κ3) is 2.41. The summed E-state index contributed by atoms with van der Waals surface area (Å²) in [6.07, 6.45) is 3.82. The van der Waals surface area contributed by atoms with Crippen LogP contribution in [0.25, 0.3) is 10.8 Å². The van der Waals surface area contributed by atoms with Crippen molar-refractivity contribution in [3.8, 4) is 0 Å². The highest BCUT2D eigenvalue weighted by molar-refractivity contribution is 6.09. The van der Waals surface area contributed by atoms with Crippen LogP contribution in [0.5, 0.6) is 0 Å². The van der Waals surface area contributed by atoms with Crippen molar-refractivity contribution in [2.45, 2.75) is 26.4 Å². The fourth-order valence-corrected chi connectivity index (χ4v) is 2.09. The van der Waals surface area contributed by atoms with Crippen LogP contribution >= 0.6 is 0 Å². The quantitative estimate of drug-likeness (QED) is 0.757. The van der Waals surface area contributed by atoms with Gasteiger partial charge in [-0.3, -0.25) is 9.78 Å². The van der Waals surface area contributed by atoms with Crippen molar-refractivity contribution in [2.24, 2.45) is 0 Å². The Hall–Kier alpha value is -1.74. The first kappa shape index (κ1) is 12.7. The molecule has 1 aromatic carbocycles. The minimum Gasteiger partial charge on any atom is -0.370 e. The second-order valence-corrected chi connectivity index (χ2v) is 4.12. The summed E-state index contributed by atoms with van der Waals surface area (Å²) in [6.45, 7) is 4.42. The zero-order valence-corrected chi connectivity index (χ0v) is 10.7. The lowest BCUT2D eigenvalue weighted by molar-refractivity contribution is 0.0445. The molecule has 3 nitrogen and oxygen atoms in total. The van der Waals surface area contributed by atoms with E-state index in [1.54, 1.807) is 12.4 Å². The van der Waals surface area contributed by atoms with Gasteiger partial charge in [0.15, 0.2) is 5.78 Å². The van der Waals surface area contributed by atoms with Crippen LogP contribution < -0.4 is 0 Å². The Morgan fingerprint density at radius 1 is 1.33 bits per heavy atom. The summed E-state index contributed by atoms with van der Waals surface area (Å²) in [5.74, 6) is 0.0520. The van der Waals surface area contributed by atoms with Crippen molar-refractivity contribution >= 4 is 16.6 Å². The van der Waals surface area contributed by atoms with Crippen LogP contribution in [0.1, 0.15) is 30.6 Å². The maximum absolute atomic E-state index is 12.4. The van der Waals surface area contributed by atoms with Gasteiger partial charge in [0.2, 0.25) is 0 Å². The highest BCUT2D eigenvalue weighted by Crippen LogP contribution is 2.20. The lowest BCUT2D eigenvalue weighted by Gasteiger charge is -2.14. The molecule has 94 valence electrons. The lowest BCUT2D eigenvalue weighted by Crippen LogP contribution is -2.23. The van der Waals surface area contributed by atoms with Gasteiger partial charge >= 0.3 is 0 Å². The van der Waals surface area contributed by atoms with Crippen molar-refractivity contribution < 1.29 is 9.53 Å². The van der Waals surface area contributed by atoms with E-state index in [4.69, 9.17) is 4.74 Å². The van der Waals surface area contributed by atoms with Crippen LogP contribution in [0.4, 0.5) is 0 Å². The molecule has 0 N–H and O–H groups in total. The highest BCUT2D eigenvalue weighted by Gasteiger charge is 2.20. The first-order valence-electron chi connectivity index (χ1n) is 6.26. The molecule has 0 fully saturated rings. The Morgan fingerprint density at radius 3 is 2.89 bits per heavy atom. The molecule has 2 aromatic rings. The van der Waals surface area contributed by atoms with Gasteiger partial charge in [0.1, 0.15) is 6.10 Å². The first-order valence-corrected chi connectivity index (χ1v) is 6.26. The largest absolute Gasteiger partial charge is 0.370 e. The first-order chi connectivity index (χ1) is 8.77. The summed E-state index contributed by atoms with van der Waals surface area (Å²) in [4.78, 5) is 16.5. The van der Waals surface area contributed by atoms with Crippen molar-refractivity contribution in [1.29, 1.82) is 0 Å². The van der Waals surface area contributed by atoms with E-state index in [0.717, 1.165) is 16.3 Å². The topological polar surface area (TPSA) is 39.2 Å². The van der Waals surface area contributed by atoms with Gasteiger partial charge < -0.3 is 4.74 Å². The summed E-state index contributed by atoms with van der Waals surface area (Å²) < 4.78 is 5.49. The number of rotatable bonds is 5. The average molecular weight is 243 g/mol. The third-order valence-electron chi connectivity index (χ3n) is 2.98. The zero-order chi connectivity index (χ0) is 13.0. The summed E-state index contributed by atoms with van der Waals surface area (Å²) >= 11 is 0. The van der Waals surface area contributed by atoms with E-state index in [1.807, 2.05) is 38.1 Å². The number of carbonyl (C=O) groups is 1. The van der Waals surface area contributed by atoms with Crippen molar-refractivity contribution in [3.05, 3.63) is 42.2 Å². The number of ether oxygens (including phenoxy) is 1. The Morgan fingerprint density at radius 2 is 2.17 bits per heavy atom. The van der Waals surface area contributed by atoms with E-state index in [9.17, 15) is 4.79 Å². The number of fused-ring (bicyclic) bond motifs is 1. The van der Waals surface area contributed by atoms with E-state index in [2.05, 4.69) is 4.98 Å². The van der Waals surface area contributed by atoms with Gasteiger partial charge in [-0.05, 0) is 24.8 Å². The number of hydrogen-bond acceptors (Lipinski definition) is 3. The molecule has 0 aliphatic carbocycles. The van der Waals surface area contributed by atoms with E-state index in [0.29, 0.717) is 13.0 Å². The number of carbonyl (C=O) groups excluding carboxylic acids is 1. The van der Waals surface area contributed by atoms with Gasteiger partial charge in [-0.15, -0.1) is 0 Å². The predicted octanol–water partition coefficient (Wildman–Crippen LogP) is 3.23. The number of nitrogens with zero attached hydrogens (tertiary/aromatic N) is 1. The Balaban J connectivity index is 2.44. The summed E-state index contributed by atoms with van der Waals surface area (Å²) in [5, 5.41) is 1.92. The molecular formula is C15H17NO2. The minimum absolute atomic E-state index is 0.0520. The van der Waals surface area contributed by atoms with Gasteiger partial charge in [-0.25, -0.2) is 0 Å². The Labute approximate surface area is 107 Å². The summed E-state index contributed by atoms with van der Waals surface area (Å²) in [7, 11) is 0. The number of hydrogen-bond donors (Lipinski definition) is 0. The third-order valence-corrected chi connectivity index (χ3v) is 2.98. The monoisotopic (exact) mass is 243 g/mol. The maximum Gasteiger partial charge on any atom is 0.192 e. The molecule has 1 aromatic heterocycles.